The Morgan fingerprint density at radius 1 is 0.500 bits per heavy atom. The maximum Gasteiger partial charge on any atom is 0.472 e. The Morgan fingerprint density at radius 2 is 0.900 bits per heavy atom. The topological polar surface area (TPSA) is 368 Å². The molecule has 3 fully saturated rings. The highest BCUT2D eigenvalue weighted by atomic mass is 31.2. The first-order valence-electron chi connectivity index (χ1n) is 29.7. The summed E-state index contributed by atoms with van der Waals surface area (Å²) in [5.74, 6) is -1.58. The molecule has 1 saturated carbocycles. The minimum absolute atomic E-state index is 0.0365. The molecule has 12 N–H and O–H groups in total. The van der Waals surface area contributed by atoms with E-state index in [-0.39, 0.29) is 6.42 Å². The van der Waals surface area contributed by atoms with Crippen LogP contribution in [0, 0.1) is 0 Å². The number of rotatable bonds is 43. The number of phosphoric acid groups is 1. The van der Waals surface area contributed by atoms with Gasteiger partial charge in [0.05, 0.1) is 19.8 Å². The van der Waals surface area contributed by atoms with Crippen molar-refractivity contribution >= 4 is 19.8 Å². The number of hydrogen-bond acceptors (Lipinski definition) is 22. The van der Waals surface area contributed by atoms with Crippen LogP contribution in [0.2, 0.25) is 0 Å². The van der Waals surface area contributed by atoms with Crippen molar-refractivity contribution in [2.24, 2.45) is 0 Å². The summed E-state index contributed by atoms with van der Waals surface area (Å²) in [6.07, 6.45) is 0.868. The molecule has 0 aromatic heterocycles. The van der Waals surface area contributed by atoms with Crippen molar-refractivity contribution in [3.05, 3.63) is 24.3 Å². The van der Waals surface area contributed by atoms with Crippen LogP contribution in [0.3, 0.4) is 0 Å². The van der Waals surface area contributed by atoms with E-state index in [0.29, 0.717) is 6.42 Å². The summed E-state index contributed by atoms with van der Waals surface area (Å²) in [4.78, 5) is 37.4. The largest absolute Gasteiger partial charge is 0.472 e. The van der Waals surface area contributed by atoms with Crippen LogP contribution in [-0.2, 0) is 51.6 Å². The predicted octanol–water partition coefficient (Wildman–Crippen LogP) is 4.10. The van der Waals surface area contributed by atoms with Crippen LogP contribution in [0.25, 0.3) is 0 Å². The number of hydrogen-bond donors (Lipinski definition) is 12. The Hall–Kier alpha value is -2.07. The standard InChI is InChI=1S/C56H101O23P/c1-3-5-7-9-11-13-15-17-19-21-23-25-27-29-31-33-42(60)74-38(36-72-41(59)32-30-28-26-24-22-20-18-16-14-12-10-8-6-4-2)37-73-80(70,71)79-54-52(77-55-50(68)45(63)43(61)39(34-57)75-55)48(66)47(65)49(67)53(54)78-56-51(69)46(64)44(62)40(35-58)76-56/h27,29,31,33,38-40,43-58,61-69H,3-26,28,30,32,34-37H2,1-2H3,(H,70,71). The molecule has 16 atom stereocenters. The predicted molar refractivity (Wildman–Crippen MR) is 291 cm³/mol. The van der Waals surface area contributed by atoms with Gasteiger partial charge in [-0.15, -0.1) is 0 Å². The summed E-state index contributed by atoms with van der Waals surface area (Å²) in [6, 6.07) is 0. The zero-order valence-electron chi connectivity index (χ0n) is 47.3. The van der Waals surface area contributed by atoms with Gasteiger partial charge in [-0.05, 0) is 19.3 Å². The van der Waals surface area contributed by atoms with Crippen LogP contribution in [0.1, 0.15) is 187 Å². The summed E-state index contributed by atoms with van der Waals surface area (Å²) in [5, 5.41) is 117. The van der Waals surface area contributed by atoms with Crippen LogP contribution in [-0.4, -0.2) is 204 Å². The zero-order valence-corrected chi connectivity index (χ0v) is 48.2. The van der Waals surface area contributed by atoms with Crippen molar-refractivity contribution in [1.29, 1.82) is 0 Å². The second-order valence-electron chi connectivity index (χ2n) is 21.6. The SMILES string of the molecule is CCCCCCCCCCCCCC=CC=CC(=O)OC(COC(=O)CCCCCCCCCCCCCCCC)COP(=O)(O)OC1C(OC2OC(CO)C(O)C(O)C2O)C(O)C(O)C(O)C1OC1OC(CO)C(O)C(O)C1O. The lowest BCUT2D eigenvalue weighted by Gasteiger charge is -2.49. The van der Waals surface area contributed by atoms with E-state index in [2.05, 4.69) is 13.8 Å². The molecule has 23 nitrogen and oxygen atoms in total. The monoisotopic (exact) mass is 1170 g/mol. The molecule has 0 aromatic carbocycles. The fourth-order valence-corrected chi connectivity index (χ4v) is 10.9. The highest BCUT2D eigenvalue weighted by Crippen LogP contribution is 2.49. The molecule has 2 heterocycles. The summed E-state index contributed by atoms with van der Waals surface area (Å²) >= 11 is 0. The van der Waals surface area contributed by atoms with E-state index in [4.69, 9.17) is 37.5 Å². The molecular formula is C56H101O23P. The summed E-state index contributed by atoms with van der Waals surface area (Å²) in [6.45, 7) is 0.905. The number of unbranched alkanes of at least 4 members (excludes halogenated alkanes) is 24. The van der Waals surface area contributed by atoms with Gasteiger partial charge in [-0.25, -0.2) is 9.36 Å². The highest BCUT2D eigenvalue weighted by molar-refractivity contribution is 7.47. The number of ether oxygens (including phenoxy) is 6. The van der Waals surface area contributed by atoms with Gasteiger partial charge in [0.2, 0.25) is 0 Å². The molecule has 1 aliphatic carbocycles. The average molecular weight is 1170 g/mol. The fraction of sp³-hybridized carbons (Fsp3) is 0.893. The van der Waals surface area contributed by atoms with E-state index in [1.165, 1.54) is 109 Å². The average Bonchev–Trinajstić information content (AvgIpc) is 3.47. The van der Waals surface area contributed by atoms with Crippen LogP contribution in [0.4, 0.5) is 0 Å². The molecule has 0 bridgehead atoms. The van der Waals surface area contributed by atoms with Gasteiger partial charge in [0.25, 0.3) is 0 Å². The second-order valence-corrected chi connectivity index (χ2v) is 23.0. The molecular weight excluding hydrogens is 1070 g/mol. The van der Waals surface area contributed by atoms with Gasteiger partial charge in [-0.1, -0.05) is 180 Å². The van der Waals surface area contributed by atoms with Crippen LogP contribution in [0.15, 0.2) is 24.3 Å². The number of aliphatic hydroxyl groups is 11. The molecule has 468 valence electrons. The van der Waals surface area contributed by atoms with Gasteiger partial charge >= 0.3 is 19.8 Å². The van der Waals surface area contributed by atoms with Crippen LogP contribution in [0.5, 0.6) is 0 Å². The van der Waals surface area contributed by atoms with Crippen molar-refractivity contribution in [3.63, 3.8) is 0 Å². The van der Waals surface area contributed by atoms with E-state index >= 15 is 0 Å². The molecule has 0 aromatic rings. The zero-order chi connectivity index (χ0) is 58.9. The summed E-state index contributed by atoms with van der Waals surface area (Å²) < 4.78 is 57.9. The third-order valence-electron chi connectivity index (χ3n) is 14.9. The van der Waals surface area contributed by atoms with E-state index < -0.39 is 150 Å². The van der Waals surface area contributed by atoms with Crippen molar-refractivity contribution in [1.82, 2.24) is 0 Å². The fourth-order valence-electron chi connectivity index (χ4n) is 9.91. The maximum atomic E-state index is 14.0. The third kappa shape index (κ3) is 26.5. The number of allylic oxidation sites excluding steroid dienone is 3. The highest BCUT2D eigenvalue weighted by Gasteiger charge is 2.58. The van der Waals surface area contributed by atoms with Crippen molar-refractivity contribution in [3.8, 4) is 0 Å². The quantitative estimate of drug-likeness (QED) is 0.0134. The van der Waals surface area contributed by atoms with Gasteiger partial charge in [-0.3, -0.25) is 13.8 Å². The number of carbonyl (C=O) groups is 2. The molecule has 0 spiro atoms. The first-order valence-corrected chi connectivity index (χ1v) is 31.2. The Morgan fingerprint density at radius 3 is 1.32 bits per heavy atom. The lowest BCUT2D eigenvalue weighted by Crippen LogP contribution is -2.69. The lowest BCUT2D eigenvalue weighted by atomic mass is 9.84. The van der Waals surface area contributed by atoms with Crippen molar-refractivity contribution in [2.45, 2.75) is 291 Å². The van der Waals surface area contributed by atoms with Gasteiger partial charge in [0.15, 0.2) is 18.7 Å². The second kappa shape index (κ2) is 41.1. The molecule has 2 saturated heterocycles. The molecule has 0 amide bonds. The number of phosphoric ester groups is 1. The Bertz CT molecular complexity index is 1690. The van der Waals surface area contributed by atoms with Gasteiger partial charge in [-0.2, -0.15) is 0 Å². The Balaban J connectivity index is 1.72. The van der Waals surface area contributed by atoms with Crippen LogP contribution < -0.4 is 0 Å². The summed E-state index contributed by atoms with van der Waals surface area (Å²) in [5.41, 5.74) is 0. The van der Waals surface area contributed by atoms with Crippen molar-refractivity contribution < 1.29 is 113 Å². The first kappa shape index (κ1) is 72.2. The van der Waals surface area contributed by atoms with E-state index in [9.17, 15) is 75.2 Å². The first-order chi connectivity index (χ1) is 38.4. The lowest BCUT2D eigenvalue weighted by molar-refractivity contribution is -0.360. The molecule has 3 aliphatic rings. The Kier molecular flexibility index (Phi) is 37.1. The normalized spacial score (nSPS) is 31.4. The number of aliphatic hydroxyl groups excluding tert-OH is 11. The van der Waals surface area contributed by atoms with Gasteiger partial charge in [0.1, 0.15) is 92.1 Å². The van der Waals surface area contributed by atoms with E-state index in [1.807, 2.05) is 6.08 Å². The summed E-state index contributed by atoms with van der Waals surface area (Å²) in [7, 11) is -5.66. The smallest absolute Gasteiger partial charge is 0.462 e. The molecule has 80 heavy (non-hydrogen) atoms. The minimum Gasteiger partial charge on any atom is -0.462 e. The molecule has 3 rings (SSSR count). The minimum atomic E-state index is -5.66. The van der Waals surface area contributed by atoms with Crippen LogP contribution >= 0.6 is 7.82 Å². The van der Waals surface area contributed by atoms with Gasteiger partial charge in [0, 0.05) is 12.5 Å². The van der Waals surface area contributed by atoms with E-state index in [0.717, 1.165) is 63.9 Å². The maximum absolute atomic E-state index is 14.0. The number of esters is 2. The molecule has 16 unspecified atom stereocenters. The Labute approximate surface area is 473 Å². The third-order valence-corrected chi connectivity index (χ3v) is 15.9. The van der Waals surface area contributed by atoms with Gasteiger partial charge < -0.3 is 89.5 Å². The molecule has 24 heteroatoms. The molecule has 0 radical (unpaired) electrons. The van der Waals surface area contributed by atoms with E-state index in [1.54, 1.807) is 6.08 Å². The van der Waals surface area contributed by atoms with Crippen molar-refractivity contribution in [2.75, 3.05) is 26.4 Å². The molecule has 2 aliphatic heterocycles. The number of carbonyl (C=O) groups excluding carboxylic acids is 2.